The van der Waals surface area contributed by atoms with Gasteiger partial charge in [0.25, 0.3) is 0 Å². The SMILES string of the molecule is O=C(CCSc1ccc(F)cc1)NC1CCN(c2ncccn2)CC1. The molecule has 0 aliphatic carbocycles. The molecule has 3 rings (SSSR count). The highest BCUT2D eigenvalue weighted by molar-refractivity contribution is 7.99. The second-order valence-corrected chi connectivity index (χ2v) is 7.10. The lowest BCUT2D eigenvalue weighted by atomic mass is 10.1. The predicted octanol–water partition coefficient (Wildman–Crippen LogP) is 2.88. The second-order valence-electron chi connectivity index (χ2n) is 5.93. The first-order valence-electron chi connectivity index (χ1n) is 8.40. The van der Waals surface area contributed by atoms with Crippen molar-refractivity contribution in [3.63, 3.8) is 0 Å². The molecule has 1 N–H and O–H groups in total. The molecular weight excluding hydrogens is 339 g/mol. The van der Waals surface area contributed by atoms with Crippen LogP contribution < -0.4 is 10.2 Å². The summed E-state index contributed by atoms with van der Waals surface area (Å²) in [7, 11) is 0. The van der Waals surface area contributed by atoms with Crippen LogP contribution in [0.25, 0.3) is 0 Å². The summed E-state index contributed by atoms with van der Waals surface area (Å²) in [5.41, 5.74) is 0. The van der Waals surface area contributed by atoms with Gasteiger partial charge in [-0.25, -0.2) is 14.4 Å². The Balaban J connectivity index is 1.35. The number of hydrogen-bond donors (Lipinski definition) is 1. The minimum atomic E-state index is -0.241. The molecule has 1 aromatic heterocycles. The third-order valence-corrected chi connectivity index (χ3v) is 5.12. The molecule has 0 unspecified atom stereocenters. The van der Waals surface area contributed by atoms with E-state index in [0.29, 0.717) is 12.2 Å². The fraction of sp³-hybridized carbons (Fsp3) is 0.389. The van der Waals surface area contributed by atoms with Crippen molar-refractivity contribution < 1.29 is 9.18 Å². The predicted molar refractivity (Wildman–Crippen MR) is 97.2 cm³/mol. The van der Waals surface area contributed by atoms with E-state index in [1.807, 2.05) is 0 Å². The summed E-state index contributed by atoms with van der Waals surface area (Å²) in [5.74, 6) is 1.27. The highest BCUT2D eigenvalue weighted by Crippen LogP contribution is 2.19. The Kier molecular flexibility index (Phi) is 6.22. The van der Waals surface area contributed by atoms with Crippen molar-refractivity contribution in [1.82, 2.24) is 15.3 Å². The lowest BCUT2D eigenvalue weighted by Crippen LogP contribution is -2.45. The fourth-order valence-corrected chi connectivity index (χ4v) is 3.62. The van der Waals surface area contributed by atoms with E-state index in [1.54, 1.807) is 42.4 Å². The van der Waals surface area contributed by atoms with Crippen LogP contribution in [0.1, 0.15) is 19.3 Å². The molecule has 2 heterocycles. The summed E-state index contributed by atoms with van der Waals surface area (Å²) in [6, 6.07) is 8.36. The zero-order valence-corrected chi connectivity index (χ0v) is 14.7. The first-order chi connectivity index (χ1) is 12.2. The quantitative estimate of drug-likeness (QED) is 0.803. The van der Waals surface area contributed by atoms with Crippen LogP contribution in [0.4, 0.5) is 10.3 Å². The minimum absolute atomic E-state index is 0.0732. The molecule has 1 aliphatic heterocycles. The first-order valence-corrected chi connectivity index (χ1v) is 9.39. The van der Waals surface area contributed by atoms with Gasteiger partial charge in [0.15, 0.2) is 0 Å². The van der Waals surface area contributed by atoms with Gasteiger partial charge in [0.05, 0.1) is 0 Å². The number of thioether (sulfide) groups is 1. The van der Waals surface area contributed by atoms with E-state index in [9.17, 15) is 9.18 Å². The standard InChI is InChI=1S/C18H21FN4OS/c19-14-2-4-16(5-3-14)25-13-8-17(24)22-15-6-11-23(12-7-15)18-20-9-1-10-21-18/h1-5,9-10,15H,6-8,11-13H2,(H,22,24). The van der Waals surface area contributed by atoms with Crippen LogP contribution in [0.3, 0.4) is 0 Å². The second kappa shape index (κ2) is 8.80. The van der Waals surface area contributed by atoms with Gasteiger partial charge in [-0.15, -0.1) is 11.8 Å². The lowest BCUT2D eigenvalue weighted by Gasteiger charge is -2.32. The highest BCUT2D eigenvalue weighted by atomic mass is 32.2. The number of benzene rings is 1. The van der Waals surface area contributed by atoms with Gasteiger partial charge in [-0.3, -0.25) is 4.79 Å². The van der Waals surface area contributed by atoms with Gasteiger partial charge in [-0.05, 0) is 43.2 Å². The Labute approximate surface area is 151 Å². The normalized spacial score (nSPS) is 15.2. The van der Waals surface area contributed by atoms with Gasteiger partial charge >= 0.3 is 0 Å². The number of anilines is 1. The van der Waals surface area contributed by atoms with Crippen LogP contribution in [0.5, 0.6) is 0 Å². The molecule has 0 radical (unpaired) electrons. The number of carbonyl (C=O) groups excluding carboxylic acids is 1. The Morgan fingerprint density at radius 2 is 1.88 bits per heavy atom. The average molecular weight is 360 g/mol. The number of nitrogens with one attached hydrogen (secondary N) is 1. The number of hydrogen-bond acceptors (Lipinski definition) is 5. The molecular formula is C18H21FN4OS. The Bertz CT molecular complexity index is 675. The Hall–Kier alpha value is -2.15. The van der Waals surface area contributed by atoms with Gasteiger partial charge in [0, 0.05) is 48.6 Å². The summed E-state index contributed by atoms with van der Waals surface area (Å²) in [5, 5.41) is 3.11. The van der Waals surface area contributed by atoms with Crippen LogP contribution in [-0.2, 0) is 4.79 Å². The average Bonchev–Trinajstić information content (AvgIpc) is 2.65. The maximum absolute atomic E-state index is 12.8. The zero-order valence-electron chi connectivity index (χ0n) is 13.9. The largest absolute Gasteiger partial charge is 0.353 e. The molecule has 132 valence electrons. The van der Waals surface area contributed by atoms with Crippen LogP contribution in [0, 0.1) is 5.82 Å². The number of nitrogens with zero attached hydrogens (tertiary/aromatic N) is 3. The molecule has 1 aliphatic rings. The van der Waals surface area contributed by atoms with E-state index in [-0.39, 0.29) is 17.8 Å². The summed E-state index contributed by atoms with van der Waals surface area (Å²) in [4.78, 5) is 23.7. The third kappa shape index (κ3) is 5.42. The molecule has 5 nitrogen and oxygen atoms in total. The number of halogens is 1. The van der Waals surface area contributed by atoms with Crippen molar-refractivity contribution in [1.29, 1.82) is 0 Å². The maximum Gasteiger partial charge on any atom is 0.225 e. The van der Waals surface area contributed by atoms with E-state index < -0.39 is 0 Å². The lowest BCUT2D eigenvalue weighted by molar-refractivity contribution is -0.121. The van der Waals surface area contributed by atoms with Crippen molar-refractivity contribution in [2.45, 2.75) is 30.2 Å². The van der Waals surface area contributed by atoms with Crippen LogP contribution >= 0.6 is 11.8 Å². The van der Waals surface area contributed by atoms with Crippen LogP contribution in [-0.4, -0.2) is 40.8 Å². The fourth-order valence-electron chi connectivity index (χ4n) is 2.77. The highest BCUT2D eigenvalue weighted by Gasteiger charge is 2.21. The molecule has 1 fully saturated rings. The zero-order chi connectivity index (χ0) is 17.5. The van der Waals surface area contributed by atoms with Gasteiger partial charge < -0.3 is 10.2 Å². The molecule has 1 saturated heterocycles. The van der Waals surface area contributed by atoms with Crippen molar-refractivity contribution in [3.8, 4) is 0 Å². The molecule has 0 spiro atoms. The van der Waals surface area contributed by atoms with Gasteiger partial charge in [0.2, 0.25) is 11.9 Å². The number of carbonyl (C=O) groups is 1. The van der Waals surface area contributed by atoms with Crippen molar-refractivity contribution in [2.24, 2.45) is 0 Å². The monoisotopic (exact) mass is 360 g/mol. The van der Waals surface area contributed by atoms with Gasteiger partial charge in [-0.2, -0.15) is 0 Å². The number of piperidine rings is 1. The van der Waals surface area contributed by atoms with Crippen LogP contribution in [0.15, 0.2) is 47.6 Å². The molecule has 0 bridgehead atoms. The molecule has 1 aromatic carbocycles. The Morgan fingerprint density at radius 3 is 2.56 bits per heavy atom. The van der Waals surface area contributed by atoms with Gasteiger partial charge in [0.1, 0.15) is 5.82 Å². The van der Waals surface area contributed by atoms with Crippen molar-refractivity contribution in [3.05, 3.63) is 48.5 Å². The summed E-state index contributed by atoms with van der Waals surface area (Å²) >= 11 is 1.56. The van der Waals surface area contributed by atoms with E-state index >= 15 is 0 Å². The maximum atomic E-state index is 12.8. The number of amides is 1. The minimum Gasteiger partial charge on any atom is -0.353 e. The Morgan fingerprint density at radius 1 is 1.20 bits per heavy atom. The van der Waals surface area contributed by atoms with Crippen molar-refractivity contribution in [2.75, 3.05) is 23.7 Å². The molecule has 0 atom stereocenters. The summed E-state index contributed by atoms with van der Waals surface area (Å²) < 4.78 is 12.8. The molecule has 1 amide bonds. The molecule has 2 aromatic rings. The molecule has 0 saturated carbocycles. The summed E-state index contributed by atoms with van der Waals surface area (Å²) in [6.45, 7) is 1.69. The third-order valence-electron chi connectivity index (χ3n) is 4.11. The van der Waals surface area contributed by atoms with Crippen molar-refractivity contribution >= 4 is 23.6 Å². The van der Waals surface area contributed by atoms with Crippen LogP contribution in [0.2, 0.25) is 0 Å². The number of rotatable bonds is 6. The van der Waals surface area contributed by atoms with E-state index in [1.165, 1.54) is 12.1 Å². The first kappa shape index (κ1) is 17.7. The smallest absolute Gasteiger partial charge is 0.225 e. The summed E-state index contributed by atoms with van der Waals surface area (Å²) in [6.07, 6.45) is 5.75. The van der Waals surface area contributed by atoms with Gasteiger partial charge in [-0.1, -0.05) is 0 Å². The molecule has 25 heavy (non-hydrogen) atoms. The van der Waals surface area contributed by atoms with E-state index in [0.717, 1.165) is 36.8 Å². The topological polar surface area (TPSA) is 58.1 Å². The number of aromatic nitrogens is 2. The van der Waals surface area contributed by atoms with E-state index in [4.69, 9.17) is 0 Å². The molecule has 7 heteroatoms. The van der Waals surface area contributed by atoms with E-state index in [2.05, 4.69) is 20.2 Å².